The first-order chi connectivity index (χ1) is 13.3. The maximum absolute atomic E-state index is 14.6. The molecular formula is C17H19F2N3O5S. The van der Waals surface area contributed by atoms with Crippen LogP contribution >= 0.6 is 0 Å². The second kappa shape index (κ2) is 6.87. The third kappa shape index (κ3) is 3.27. The van der Waals surface area contributed by atoms with E-state index in [2.05, 4.69) is 10.1 Å². The summed E-state index contributed by atoms with van der Waals surface area (Å²) in [7, 11) is 0.391. The predicted molar refractivity (Wildman–Crippen MR) is 96.9 cm³/mol. The van der Waals surface area contributed by atoms with Gasteiger partial charge in [-0.1, -0.05) is 0 Å². The number of nitrogens with one attached hydrogen (secondary N) is 1. The summed E-state index contributed by atoms with van der Waals surface area (Å²) in [4.78, 5) is 25.9. The summed E-state index contributed by atoms with van der Waals surface area (Å²) < 4.78 is 50.1. The molecule has 8 nitrogen and oxygen atoms in total. The number of halogens is 2. The zero-order chi connectivity index (χ0) is 20.1. The Hall–Kier alpha value is -2.43. The first-order valence-electron chi connectivity index (χ1n) is 8.69. The van der Waals surface area contributed by atoms with E-state index < -0.39 is 40.7 Å². The number of hydrogen-bond acceptors (Lipinski definition) is 6. The SMILES string of the molecule is COC(=O)NC[C@H]1CN(c2cc(F)c(N3CC4(C3)CS(=O)C4)c(F)c2)C(=O)O1. The molecule has 0 aliphatic carbocycles. The number of methoxy groups -OCH3 is 1. The van der Waals surface area contributed by atoms with Crippen molar-refractivity contribution in [1.29, 1.82) is 0 Å². The smallest absolute Gasteiger partial charge is 0.414 e. The number of alkyl carbamates (subject to hydrolysis) is 1. The quantitative estimate of drug-likeness (QED) is 0.796. The normalized spacial score (nSPS) is 23.2. The molecule has 3 fully saturated rings. The molecule has 3 saturated heterocycles. The molecule has 28 heavy (non-hydrogen) atoms. The fraction of sp³-hybridized carbons (Fsp3) is 0.529. The molecular weight excluding hydrogens is 396 g/mol. The zero-order valence-corrected chi connectivity index (χ0v) is 15.9. The Labute approximate surface area is 162 Å². The highest BCUT2D eigenvalue weighted by atomic mass is 32.2. The van der Waals surface area contributed by atoms with Crippen molar-refractivity contribution in [2.75, 3.05) is 54.6 Å². The van der Waals surface area contributed by atoms with E-state index in [-0.39, 0.29) is 29.9 Å². The molecule has 3 aliphatic heterocycles. The van der Waals surface area contributed by atoms with E-state index in [1.807, 2.05) is 0 Å². The van der Waals surface area contributed by atoms with Crippen molar-refractivity contribution in [1.82, 2.24) is 5.32 Å². The molecule has 11 heteroatoms. The lowest BCUT2D eigenvalue weighted by Gasteiger charge is -2.55. The van der Waals surface area contributed by atoms with Crippen LogP contribution in [0.1, 0.15) is 0 Å². The molecule has 0 unspecified atom stereocenters. The molecule has 0 saturated carbocycles. The highest BCUT2D eigenvalue weighted by molar-refractivity contribution is 7.86. The Bertz CT molecular complexity index is 828. The van der Waals surface area contributed by atoms with Crippen molar-refractivity contribution in [2.45, 2.75) is 6.10 Å². The number of hydrogen-bond donors (Lipinski definition) is 1. The van der Waals surface area contributed by atoms with E-state index in [9.17, 15) is 22.6 Å². The summed E-state index contributed by atoms with van der Waals surface area (Å²) >= 11 is 0. The van der Waals surface area contributed by atoms with Crippen LogP contribution in [0.3, 0.4) is 0 Å². The minimum absolute atomic E-state index is 0.0230. The van der Waals surface area contributed by atoms with Crippen molar-refractivity contribution in [3.63, 3.8) is 0 Å². The van der Waals surface area contributed by atoms with Crippen LogP contribution in [0, 0.1) is 17.0 Å². The van der Waals surface area contributed by atoms with Gasteiger partial charge in [0.15, 0.2) is 11.6 Å². The third-order valence-corrected chi connectivity index (χ3v) is 7.02. The molecule has 1 aromatic carbocycles. The van der Waals surface area contributed by atoms with Crippen LogP contribution in [0.5, 0.6) is 0 Å². The molecule has 1 spiro atoms. The van der Waals surface area contributed by atoms with Gasteiger partial charge in [0.1, 0.15) is 11.8 Å². The Morgan fingerprint density at radius 2 is 2.00 bits per heavy atom. The molecule has 0 bridgehead atoms. The number of cyclic esters (lactones) is 1. The maximum Gasteiger partial charge on any atom is 0.414 e. The van der Waals surface area contributed by atoms with Gasteiger partial charge < -0.3 is 19.7 Å². The molecule has 3 heterocycles. The summed E-state index contributed by atoms with van der Waals surface area (Å²) in [6, 6.07) is 2.19. The number of ether oxygens (including phenoxy) is 2. The van der Waals surface area contributed by atoms with E-state index in [1.54, 1.807) is 4.90 Å². The van der Waals surface area contributed by atoms with E-state index in [0.717, 1.165) is 17.0 Å². The van der Waals surface area contributed by atoms with Gasteiger partial charge in [-0.05, 0) is 0 Å². The lowest BCUT2D eigenvalue weighted by Crippen LogP contribution is -2.67. The highest BCUT2D eigenvalue weighted by Gasteiger charge is 2.52. The molecule has 1 N–H and O–H groups in total. The number of anilines is 2. The number of carbonyl (C=O) groups excluding carboxylic acids is 2. The summed E-state index contributed by atoms with van der Waals surface area (Å²) in [6.07, 6.45) is -2.08. The zero-order valence-electron chi connectivity index (χ0n) is 15.1. The van der Waals surface area contributed by atoms with E-state index in [1.165, 1.54) is 7.11 Å². The minimum atomic E-state index is -0.817. The molecule has 1 aromatic rings. The molecule has 1 atom stereocenters. The van der Waals surface area contributed by atoms with Crippen LogP contribution in [-0.2, 0) is 20.3 Å². The summed E-state index contributed by atoms with van der Waals surface area (Å²) in [6.45, 7) is 1.01. The Morgan fingerprint density at radius 3 is 2.57 bits per heavy atom. The molecule has 0 aromatic heterocycles. The van der Waals surface area contributed by atoms with Crippen LogP contribution < -0.4 is 15.1 Å². The lowest BCUT2D eigenvalue weighted by atomic mass is 9.82. The third-order valence-electron chi connectivity index (χ3n) is 5.15. The number of carbonyl (C=O) groups is 2. The van der Waals surface area contributed by atoms with Crippen molar-refractivity contribution >= 4 is 34.4 Å². The van der Waals surface area contributed by atoms with Crippen LogP contribution in [-0.4, -0.2) is 67.3 Å². The first-order valence-corrected chi connectivity index (χ1v) is 10.2. The lowest BCUT2D eigenvalue weighted by molar-refractivity contribution is 0.132. The van der Waals surface area contributed by atoms with Gasteiger partial charge >= 0.3 is 12.2 Å². The number of benzene rings is 1. The highest BCUT2D eigenvalue weighted by Crippen LogP contribution is 2.44. The second-order valence-corrected chi connectivity index (χ2v) is 8.79. The van der Waals surface area contributed by atoms with Gasteiger partial charge in [0, 0.05) is 52.9 Å². The van der Waals surface area contributed by atoms with Gasteiger partial charge in [0.25, 0.3) is 0 Å². The molecule has 152 valence electrons. The molecule has 0 radical (unpaired) electrons. The van der Waals surface area contributed by atoms with Gasteiger partial charge in [-0.3, -0.25) is 9.11 Å². The van der Waals surface area contributed by atoms with Crippen LogP contribution in [0.4, 0.5) is 29.7 Å². The van der Waals surface area contributed by atoms with Gasteiger partial charge in [0.2, 0.25) is 0 Å². The summed E-state index contributed by atoms with van der Waals surface area (Å²) in [5.41, 5.74) is -0.172. The standard InChI is InChI=1S/C17H19F2N3O5S/c1-26-15(23)20-4-11-5-22(16(24)27-11)10-2-12(18)14(13(19)3-10)21-6-17(7-21)8-28(25)9-17/h2-3,11H,4-9H2,1H3,(H,20,23)/t11-/m0/s1. The number of nitrogens with zero attached hydrogens (tertiary/aromatic N) is 2. The van der Waals surface area contributed by atoms with Crippen LogP contribution in [0.15, 0.2) is 12.1 Å². The fourth-order valence-electron chi connectivity index (χ4n) is 3.86. The van der Waals surface area contributed by atoms with Gasteiger partial charge in [-0.2, -0.15) is 0 Å². The molecule has 2 amide bonds. The van der Waals surface area contributed by atoms with Gasteiger partial charge in [0.05, 0.1) is 25.9 Å². The fourth-order valence-corrected chi connectivity index (χ4v) is 5.51. The molecule has 3 aliphatic rings. The van der Waals surface area contributed by atoms with Crippen molar-refractivity contribution in [2.24, 2.45) is 5.41 Å². The summed E-state index contributed by atoms with van der Waals surface area (Å²) in [5.74, 6) is -0.389. The van der Waals surface area contributed by atoms with Crippen molar-refractivity contribution < 1.29 is 32.1 Å². The largest absolute Gasteiger partial charge is 0.453 e. The van der Waals surface area contributed by atoms with Gasteiger partial charge in [-0.15, -0.1) is 0 Å². The minimum Gasteiger partial charge on any atom is -0.453 e. The average molecular weight is 415 g/mol. The Balaban J connectivity index is 1.44. The number of amides is 2. The monoisotopic (exact) mass is 415 g/mol. The summed E-state index contributed by atoms with van der Waals surface area (Å²) in [5, 5.41) is 2.41. The second-order valence-electron chi connectivity index (χ2n) is 7.33. The number of rotatable bonds is 4. The average Bonchev–Trinajstić information content (AvgIpc) is 2.96. The topological polar surface area (TPSA) is 88.2 Å². The Morgan fingerprint density at radius 1 is 1.36 bits per heavy atom. The first kappa shape index (κ1) is 18.9. The Kier molecular flexibility index (Phi) is 4.64. The molecule has 4 rings (SSSR count). The van der Waals surface area contributed by atoms with Crippen LogP contribution in [0.25, 0.3) is 0 Å². The maximum atomic E-state index is 14.6. The van der Waals surface area contributed by atoms with Gasteiger partial charge in [-0.25, -0.2) is 18.4 Å². The van der Waals surface area contributed by atoms with E-state index >= 15 is 0 Å². The van der Waals surface area contributed by atoms with Crippen LogP contribution in [0.2, 0.25) is 0 Å². The predicted octanol–water partition coefficient (Wildman–Crippen LogP) is 1.21. The van der Waals surface area contributed by atoms with Crippen molar-refractivity contribution in [3.8, 4) is 0 Å². The van der Waals surface area contributed by atoms with E-state index in [4.69, 9.17) is 4.74 Å². The van der Waals surface area contributed by atoms with E-state index in [0.29, 0.717) is 24.6 Å². The van der Waals surface area contributed by atoms with Crippen molar-refractivity contribution in [3.05, 3.63) is 23.8 Å².